The van der Waals surface area contributed by atoms with Crippen LogP contribution in [0.15, 0.2) is 53.4 Å². The van der Waals surface area contributed by atoms with Gasteiger partial charge in [-0.25, -0.2) is 12.7 Å². The van der Waals surface area contributed by atoms with Crippen molar-refractivity contribution in [3.63, 3.8) is 0 Å². The number of piperidine rings is 1. The Balaban J connectivity index is 1.28. The molecule has 1 aliphatic carbocycles. The summed E-state index contributed by atoms with van der Waals surface area (Å²) in [6, 6.07) is 14.4. The Bertz CT molecular complexity index is 1130. The standard InChI is InChI=1S/C23H25N3O4S/c27-22(24-18-7-4-12-25(15-18)14-16-5-2-1-3-6-16)17-8-11-20-21(13-17)31(29,30)26(23(20)28)19-9-10-19/h1-3,5-6,8,11,13,18-19H,4,7,9-10,12,14-15H2,(H,24,27)/t18-/m0/s1. The molecule has 1 saturated heterocycles. The Morgan fingerprint density at radius 3 is 2.58 bits per heavy atom. The van der Waals surface area contributed by atoms with Crippen molar-refractivity contribution in [1.29, 1.82) is 0 Å². The van der Waals surface area contributed by atoms with Crippen LogP contribution >= 0.6 is 0 Å². The smallest absolute Gasteiger partial charge is 0.269 e. The van der Waals surface area contributed by atoms with Crippen molar-refractivity contribution in [3.8, 4) is 0 Å². The van der Waals surface area contributed by atoms with E-state index < -0.39 is 15.9 Å². The summed E-state index contributed by atoms with van der Waals surface area (Å²) in [5.74, 6) is -0.782. The van der Waals surface area contributed by atoms with Gasteiger partial charge in [-0.2, -0.15) is 0 Å². The highest BCUT2D eigenvalue weighted by atomic mass is 32.2. The Morgan fingerprint density at radius 2 is 1.84 bits per heavy atom. The lowest BCUT2D eigenvalue weighted by atomic mass is 10.0. The average Bonchev–Trinajstić information content (AvgIpc) is 3.56. The minimum Gasteiger partial charge on any atom is -0.348 e. The van der Waals surface area contributed by atoms with Crippen LogP contribution in [0.3, 0.4) is 0 Å². The van der Waals surface area contributed by atoms with E-state index >= 15 is 0 Å². The number of rotatable bonds is 5. The number of hydrogen-bond acceptors (Lipinski definition) is 5. The zero-order valence-electron chi connectivity index (χ0n) is 17.2. The zero-order chi connectivity index (χ0) is 21.6. The van der Waals surface area contributed by atoms with Gasteiger partial charge in [0.1, 0.15) is 4.90 Å². The molecule has 2 aromatic carbocycles. The fourth-order valence-corrected chi connectivity index (χ4v) is 6.33. The molecular weight excluding hydrogens is 414 g/mol. The molecule has 0 spiro atoms. The molecule has 7 nitrogen and oxygen atoms in total. The lowest BCUT2D eigenvalue weighted by Crippen LogP contribution is -2.47. The van der Waals surface area contributed by atoms with E-state index in [1.54, 1.807) is 6.07 Å². The van der Waals surface area contributed by atoms with Gasteiger partial charge in [-0.15, -0.1) is 0 Å². The Hall–Kier alpha value is -2.71. The number of carbonyl (C=O) groups excluding carboxylic acids is 2. The highest BCUT2D eigenvalue weighted by Gasteiger charge is 2.48. The first-order valence-electron chi connectivity index (χ1n) is 10.7. The highest BCUT2D eigenvalue weighted by molar-refractivity contribution is 7.90. The summed E-state index contributed by atoms with van der Waals surface area (Å²) in [5, 5.41) is 3.05. The molecule has 3 aliphatic rings. The molecule has 0 unspecified atom stereocenters. The monoisotopic (exact) mass is 439 g/mol. The second-order valence-electron chi connectivity index (χ2n) is 8.58. The summed E-state index contributed by atoms with van der Waals surface area (Å²) in [6.07, 6.45) is 3.27. The number of nitrogens with zero attached hydrogens (tertiary/aromatic N) is 2. The van der Waals surface area contributed by atoms with Crippen LogP contribution in [-0.4, -0.2) is 54.6 Å². The first-order valence-corrected chi connectivity index (χ1v) is 12.2. The van der Waals surface area contributed by atoms with E-state index in [1.165, 1.54) is 17.7 Å². The summed E-state index contributed by atoms with van der Waals surface area (Å²) in [5.41, 5.74) is 1.67. The van der Waals surface area contributed by atoms with E-state index in [1.807, 2.05) is 18.2 Å². The second kappa shape index (κ2) is 7.76. The first kappa shape index (κ1) is 20.2. The van der Waals surface area contributed by atoms with Gasteiger partial charge in [0, 0.05) is 30.7 Å². The van der Waals surface area contributed by atoms with Crippen molar-refractivity contribution < 1.29 is 18.0 Å². The fourth-order valence-electron chi connectivity index (χ4n) is 4.49. The van der Waals surface area contributed by atoms with Gasteiger partial charge < -0.3 is 5.32 Å². The number of sulfonamides is 1. The van der Waals surface area contributed by atoms with Crippen molar-refractivity contribution in [1.82, 2.24) is 14.5 Å². The molecule has 2 aliphatic heterocycles. The van der Waals surface area contributed by atoms with E-state index in [2.05, 4.69) is 22.3 Å². The van der Waals surface area contributed by atoms with Crippen molar-refractivity contribution in [2.45, 2.75) is 49.2 Å². The number of carbonyl (C=O) groups is 2. The summed E-state index contributed by atoms with van der Waals surface area (Å²) in [6.45, 7) is 2.57. The van der Waals surface area contributed by atoms with Crippen LogP contribution in [0.4, 0.5) is 0 Å². The molecule has 1 saturated carbocycles. The Morgan fingerprint density at radius 1 is 1.06 bits per heavy atom. The molecule has 2 fully saturated rings. The number of benzene rings is 2. The lowest BCUT2D eigenvalue weighted by molar-refractivity contribution is 0.0861. The minimum atomic E-state index is -3.87. The van der Waals surface area contributed by atoms with Crippen LogP contribution < -0.4 is 5.32 Å². The maximum absolute atomic E-state index is 12.9. The number of amides is 2. The normalized spacial score (nSPS) is 22.9. The first-order chi connectivity index (χ1) is 14.9. The molecule has 0 radical (unpaired) electrons. The van der Waals surface area contributed by atoms with Crippen LogP contribution in [0.25, 0.3) is 0 Å². The van der Waals surface area contributed by atoms with Gasteiger partial charge in [-0.1, -0.05) is 30.3 Å². The predicted octanol–water partition coefficient (Wildman–Crippen LogP) is 2.39. The SMILES string of the molecule is O=C(N[C@H]1CCCN(Cc2ccccc2)C1)c1ccc2c(c1)S(=O)(=O)N(C1CC1)C2=O. The summed E-state index contributed by atoms with van der Waals surface area (Å²) in [7, 11) is -3.87. The van der Waals surface area contributed by atoms with Gasteiger partial charge in [-0.05, 0) is 56.0 Å². The molecule has 1 atom stereocenters. The third kappa shape index (κ3) is 3.85. The number of fused-ring (bicyclic) bond motifs is 1. The minimum absolute atomic E-state index is 0.000538. The van der Waals surface area contributed by atoms with Gasteiger partial charge in [-0.3, -0.25) is 14.5 Å². The van der Waals surface area contributed by atoms with Crippen LogP contribution in [0.1, 0.15) is 52.0 Å². The van der Waals surface area contributed by atoms with E-state index in [0.29, 0.717) is 12.8 Å². The number of likely N-dealkylation sites (tertiary alicyclic amines) is 1. The maximum atomic E-state index is 12.9. The fraction of sp³-hybridized carbons (Fsp3) is 0.391. The molecule has 2 heterocycles. The van der Waals surface area contributed by atoms with Crippen LogP contribution in [0.2, 0.25) is 0 Å². The summed E-state index contributed by atoms with van der Waals surface area (Å²) in [4.78, 5) is 27.7. The molecular formula is C23H25N3O4S. The molecule has 162 valence electrons. The third-order valence-corrected chi connectivity index (χ3v) is 8.05. The Labute approximate surface area is 182 Å². The van der Waals surface area contributed by atoms with Gasteiger partial charge in [0.25, 0.3) is 21.8 Å². The quantitative estimate of drug-likeness (QED) is 0.773. The van der Waals surface area contributed by atoms with Gasteiger partial charge in [0.15, 0.2) is 0 Å². The average molecular weight is 440 g/mol. The molecule has 2 amide bonds. The van der Waals surface area contributed by atoms with Crippen molar-refractivity contribution in [2.24, 2.45) is 0 Å². The van der Waals surface area contributed by atoms with Crippen LogP contribution in [0, 0.1) is 0 Å². The molecule has 2 aromatic rings. The van der Waals surface area contributed by atoms with Crippen molar-refractivity contribution >= 4 is 21.8 Å². The maximum Gasteiger partial charge on any atom is 0.269 e. The molecule has 0 bridgehead atoms. The van der Waals surface area contributed by atoms with Crippen molar-refractivity contribution in [2.75, 3.05) is 13.1 Å². The second-order valence-corrected chi connectivity index (χ2v) is 10.4. The van der Waals surface area contributed by atoms with E-state index in [9.17, 15) is 18.0 Å². The summed E-state index contributed by atoms with van der Waals surface area (Å²) < 4.78 is 26.6. The molecule has 31 heavy (non-hydrogen) atoms. The van der Waals surface area contributed by atoms with Gasteiger partial charge in [0.2, 0.25) is 0 Å². The van der Waals surface area contributed by atoms with Crippen LogP contribution in [0.5, 0.6) is 0 Å². The van der Waals surface area contributed by atoms with Gasteiger partial charge >= 0.3 is 0 Å². The van der Waals surface area contributed by atoms with Gasteiger partial charge in [0.05, 0.1) is 5.56 Å². The van der Waals surface area contributed by atoms with Crippen LogP contribution in [-0.2, 0) is 16.6 Å². The van der Waals surface area contributed by atoms with E-state index in [0.717, 1.165) is 36.8 Å². The number of nitrogens with one attached hydrogen (secondary N) is 1. The third-order valence-electron chi connectivity index (χ3n) is 6.18. The lowest BCUT2D eigenvalue weighted by Gasteiger charge is -2.33. The predicted molar refractivity (Wildman–Crippen MR) is 115 cm³/mol. The molecule has 8 heteroatoms. The topological polar surface area (TPSA) is 86.8 Å². The largest absolute Gasteiger partial charge is 0.348 e. The molecule has 5 rings (SSSR count). The zero-order valence-corrected chi connectivity index (χ0v) is 18.0. The Kier molecular flexibility index (Phi) is 5.06. The summed E-state index contributed by atoms with van der Waals surface area (Å²) >= 11 is 0. The molecule has 0 aromatic heterocycles. The van der Waals surface area contributed by atoms with E-state index in [4.69, 9.17) is 0 Å². The number of hydrogen-bond donors (Lipinski definition) is 1. The van der Waals surface area contributed by atoms with E-state index in [-0.39, 0.29) is 34.0 Å². The van der Waals surface area contributed by atoms with Crippen molar-refractivity contribution in [3.05, 3.63) is 65.2 Å². The molecule has 1 N–H and O–H groups in total. The highest BCUT2D eigenvalue weighted by Crippen LogP contribution is 2.39.